The molecule has 0 aromatic heterocycles. The maximum atomic E-state index is 11.0. The molecule has 0 aromatic carbocycles. The van der Waals surface area contributed by atoms with Gasteiger partial charge in [-0.05, 0) is 0 Å². The van der Waals surface area contributed by atoms with Crippen molar-refractivity contribution >= 4 is 21.1 Å². The number of nitrogens with zero attached hydrogens (tertiary/aromatic N) is 2. The highest BCUT2D eigenvalue weighted by atomic mass is 32.2. The van der Waals surface area contributed by atoms with Gasteiger partial charge >= 0.3 is 0 Å². The van der Waals surface area contributed by atoms with Gasteiger partial charge in [0.15, 0.2) is 9.84 Å². The maximum absolute atomic E-state index is 11.0. The highest BCUT2D eigenvalue weighted by molar-refractivity contribution is 7.91. The van der Waals surface area contributed by atoms with Crippen molar-refractivity contribution in [3.63, 3.8) is 0 Å². The fourth-order valence-corrected chi connectivity index (χ4v) is 2.63. The lowest BCUT2D eigenvalue weighted by Gasteiger charge is -2.31. The van der Waals surface area contributed by atoms with Crippen molar-refractivity contribution in [2.24, 2.45) is 0 Å². The normalized spacial score (nSPS) is 26.1. The second kappa shape index (κ2) is 4.01. The third-order valence-corrected chi connectivity index (χ3v) is 4.24. The fourth-order valence-electron chi connectivity index (χ4n) is 1.08. The number of hydrazine groups is 1. The number of rotatable bonds is 2. The summed E-state index contributed by atoms with van der Waals surface area (Å²) in [7, 11) is -1.47. The quantitative estimate of drug-likeness (QED) is 0.594. The SMILES string of the molecule is CN(N1CCS(=O)(=O)CC1)S(=O)O. The van der Waals surface area contributed by atoms with E-state index in [4.69, 9.17) is 4.55 Å². The van der Waals surface area contributed by atoms with Crippen LogP contribution in [0.15, 0.2) is 0 Å². The number of hydrogen-bond acceptors (Lipinski definition) is 4. The standard InChI is InChI=1S/C5H12N2O4S2/c1-6(12(8)9)7-2-4-13(10,11)5-3-7/h2-5H2,1H3,(H,8,9). The highest BCUT2D eigenvalue weighted by Gasteiger charge is 2.25. The van der Waals surface area contributed by atoms with Crippen LogP contribution in [0, 0.1) is 0 Å². The molecule has 1 aliphatic heterocycles. The zero-order valence-corrected chi connectivity index (χ0v) is 8.84. The van der Waals surface area contributed by atoms with Crippen molar-refractivity contribution in [3.8, 4) is 0 Å². The van der Waals surface area contributed by atoms with Crippen LogP contribution in [0.4, 0.5) is 0 Å². The molecule has 78 valence electrons. The summed E-state index contributed by atoms with van der Waals surface area (Å²) in [5.74, 6) is 0.100. The largest absolute Gasteiger partial charge is 0.293 e. The van der Waals surface area contributed by atoms with Gasteiger partial charge in [0.05, 0.1) is 11.5 Å². The van der Waals surface area contributed by atoms with Gasteiger partial charge in [0.2, 0.25) is 11.3 Å². The molecule has 0 bridgehead atoms. The zero-order chi connectivity index (χ0) is 10.1. The van der Waals surface area contributed by atoms with Crippen LogP contribution in [0.2, 0.25) is 0 Å². The summed E-state index contributed by atoms with van der Waals surface area (Å²) in [6, 6.07) is 0. The van der Waals surface area contributed by atoms with Crippen molar-refractivity contribution in [3.05, 3.63) is 0 Å². The molecule has 1 atom stereocenters. The van der Waals surface area contributed by atoms with Gasteiger partial charge in [-0.2, -0.15) is 0 Å². The Hall–Kier alpha value is -0.0200. The smallest absolute Gasteiger partial charge is 0.248 e. The van der Waals surface area contributed by atoms with E-state index in [1.54, 1.807) is 5.01 Å². The van der Waals surface area contributed by atoms with E-state index in [1.165, 1.54) is 7.05 Å². The highest BCUT2D eigenvalue weighted by Crippen LogP contribution is 2.06. The first kappa shape index (κ1) is 11.1. The Morgan fingerprint density at radius 1 is 1.38 bits per heavy atom. The molecule has 0 amide bonds. The van der Waals surface area contributed by atoms with Gasteiger partial charge < -0.3 is 0 Å². The lowest BCUT2D eigenvalue weighted by atomic mass is 10.6. The van der Waals surface area contributed by atoms with E-state index in [9.17, 15) is 12.6 Å². The predicted octanol–water partition coefficient (Wildman–Crippen LogP) is -1.30. The molecular weight excluding hydrogens is 216 g/mol. The molecule has 8 heteroatoms. The van der Waals surface area contributed by atoms with Crippen LogP contribution in [-0.4, -0.2) is 58.2 Å². The van der Waals surface area contributed by atoms with Gasteiger partial charge in [-0.1, -0.05) is 0 Å². The minimum Gasteiger partial charge on any atom is -0.293 e. The molecule has 0 radical (unpaired) electrons. The van der Waals surface area contributed by atoms with E-state index in [1.807, 2.05) is 0 Å². The van der Waals surface area contributed by atoms with Crippen LogP contribution < -0.4 is 0 Å². The second-order valence-corrected chi connectivity index (χ2v) is 6.09. The summed E-state index contributed by atoms with van der Waals surface area (Å²) < 4.78 is 42.5. The molecule has 1 heterocycles. The topological polar surface area (TPSA) is 77.9 Å². The Bertz CT molecular complexity index is 288. The van der Waals surface area contributed by atoms with E-state index in [-0.39, 0.29) is 24.6 Å². The Balaban J connectivity index is 2.55. The number of sulfone groups is 1. The average molecular weight is 228 g/mol. The van der Waals surface area contributed by atoms with Crippen LogP contribution >= 0.6 is 0 Å². The van der Waals surface area contributed by atoms with Crippen LogP contribution in [0.1, 0.15) is 0 Å². The first-order valence-electron chi connectivity index (χ1n) is 3.72. The number of hydrogen-bond donors (Lipinski definition) is 1. The monoisotopic (exact) mass is 228 g/mol. The van der Waals surface area contributed by atoms with E-state index < -0.39 is 21.1 Å². The minimum atomic E-state index is -2.92. The van der Waals surface area contributed by atoms with Gasteiger partial charge in [-0.25, -0.2) is 17.6 Å². The molecule has 1 N–H and O–H groups in total. The molecule has 0 aliphatic carbocycles. The van der Waals surface area contributed by atoms with Crippen molar-refractivity contribution in [1.82, 2.24) is 9.42 Å². The summed E-state index contributed by atoms with van der Waals surface area (Å²) in [6.45, 7) is 0.566. The van der Waals surface area contributed by atoms with Gasteiger partial charge in [0.1, 0.15) is 0 Å². The summed E-state index contributed by atoms with van der Waals surface area (Å²) in [5.41, 5.74) is 0. The van der Waals surface area contributed by atoms with Crippen LogP contribution in [0.3, 0.4) is 0 Å². The van der Waals surface area contributed by atoms with Gasteiger partial charge in [-0.15, -0.1) is 4.41 Å². The maximum Gasteiger partial charge on any atom is 0.248 e. The lowest BCUT2D eigenvalue weighted by Crippen LogP contribution is -2.49. The molecule has 1 unspecified atom stereocenters. The molecule has 6 nitrogen and oxygen atoms in total. The van der Waals surface area contributed by atoms with Crippen LogP contribution in [-0.2, 0) is 21.1 Å². The van der Waals surface area contributed by atoms with Gasteiger partial charge in [-0.3, -0.25) is 4.55 Å². The fraction of sp³-hybridized carbons (Fsp3) is 1.00. The molecule has 0 aromatic rings. The first-order chi connectivity index (χ1) is 5.92. The molecule has 0 spiro atoms. The molecule has 1 saturated heterocycles. The molecule has 1 aliphatic rings. The summed E-state index contributed by atoms with van der Waals surface area (Å²) in [6.07, 6.45) is 0. The van der Waals surface area contributed by atoms with E-state index in [2.05, 4.69) is 0 Å². The van der Waals surface area contributed by atoms with Crippen LogP contribution in [0.5, 0.6) is 0 Å². The van der Waals surface area contributed by atoms with Gasteiger partial charge in [0, 0.05) is 20.1 Å². The Labute approximate surface area is 79.8 Å². The van der Waals surface area contributed by atoms with Crippen molar-refractivity contribution in [1.29, 1.82) is 0 Å². The molecule has 1 rings (SSSR count). The molecule has 0 saturated carbocycles. The van der Waals surface area contributed by atoms with E-state index in [0.29, 0.717) is 0 Å². The third kappa shape index (κ3) is 2.99. The first-order valence-corrected chi connectivity index (χ1v) is 6.61. The lowest BCUT2D eigenvalue weighted by molar-refractivity contribution is 0.0935. The van der Waals surface area contributed by atoms with Crippen LogP contribution in [0.25, 0.3) is 0 Å². The Morgan fingerprint density at radius 3 is 2.23 bits per heavy atom. The minimum absolute atomic E-state index is 0.0501. The Morgan fingerprint density at radius 2 is 1.85 bits per heavy atom. The summed E-state index contributed by atoms with van der Waals surface area (Å²) in [4.78, 5) is 0. The van der Waals surface area contributed by atoms with Crippen molar-refractivity contribution < 1.29 is 17.2 Å². The summed E-state index contributed by atoms with van der Waals surface area (Å²) in [5, 5.41) is 1.55. The van der Waals surface area contributed by atoms with Crippen molar-refractivity contribution in [2.45, 2.75) is 0 Å². The summed E-state index contributed by atoms with van der Waals surface area (Å²) >= 11 is -2.07. The predicted molar refractivity (Wildman–Crippen MR) is 48.8 cm³/mol. The molecule has 13 heavy (non-hydrogen) atoms. The zero-order valence-electron chi connectivity index (χ0n) is 7.21. The van der Waals surface area contributed by atoms with E-state index in [0.717, 1.165) is 4.41 Å². The Kier molecular flexibility index (Phi) is 3.41. The molecule has 1 fully saturated rings. The van der Waals surface area contributed by atoms with Crippen molar-refractivity contribution in [2.75, 3.05) is 31.6 Å². The van der Waals surface area contributed by atoms with Gasteiger partial charge in [0.25, 0.3) is 0 Å². The third-order valence-electron chi connectivity index (χ3n) is 1.95. The average Bonchev–Trinajstić information content (AvgIpc) is 2.03. The second-order valence-electron chi connectivity index (χ2n) is 2.80. The molecular formula is C5H12N2O4S2. The van der Waals surface area contributed by atoms with E-state index >= 15 is 0 Å².